The number of amidine groups is 2. The number of fused-ring (bicyclic) bond motifs is 1. The lowest BCUT2D eigenvalue weighted by atomic mass is 10.1. The van der Waals surface area contributed by atoms with Gasteiger partial charge in [-0.1, -0.05) is 29.8 Å². The number of carbonyl (C=O) groups is 2. The number of piperazine rings is 1. The Hall–Kier alpha value is -3.59. The number of hydrogen-bond donors (Lipinski definition) is 0. The predicted molar refractivity (Wildman–Crippen MR) is 132 cm³/mol. The summed E-state index contributed by atoms with van der Waals surface area (Å²) in [7, 11) is 3.20. The molecule has 9 heteroatoms. The van der Waals surface area contributed by atoms with E-state index in [4.69, 9.17) is 4.99 Å². The first-order chi connectivity index (χ1) is 16.8. The number of carbonyl (C=O) groups excluding carboxylic acids is 2. The summed E-state index contributed by atoms with van der Waals surface area (Å²) in [5.41, 5.74) is 3.26. The van der Waals surface area contributed by atoms with E-state index in [1.165, 1.54) is 29.0 Å². The quantitative estimate of drug-likeness (QED) is 0.620. The number of anilines is 1. The van der Waals surface area contributed by atoms with Crippen LogP contribution in [0, 0.1) is 12.7 Å². The van der Waals surface area contributed by atoms with Crippen molar-refractivity contribution in [3.8, 4) is 0 Å². The summed E-state index contributed by atoms with van der Waals surface area (Å²) in [4.78, 5) is 37.8. The van der Waals surface area contributed by atoms with Crippen LogP contribution >= 0.6 is 0 Å². The smallest absolute Gasteiger partial charge is 0.333 e. The fraction of sp³-hybridized carbons (Fsp3) is 0.385. The number of halogens is 1. The number of rotatable bonds is 5. The lowest BCUT2D eigenvalue weighted by Gasteiger charge is -2.35. The van der Waals surface area contributed by atoms with Gasteiger partial charge >= 0.3 is 11.9 Å². The number of imide groups is 1. The number of aliphatic imine (C=N–C) groups is 1. The van der Waals surface area contributed by atoms with Gasteiger partial charge in [-0.25, -0.2) is 13.8 Å². The van der Waals surface area contributed by atoms with Gasteiger partial charge in [-0.05, 0) is 41.7 Å². The molecule has 3 aliphatic rings. The molecule has 2 saturated heterocycles. The Balaban J connectivity index is 1.39. The van der Waals surface area contributed by atoms with E-state index in [0.717, 1.165) is 48.8 Å². The van der Waals surface area contributed by atoms with E-state index < -0.39 is 6.04 Å². The van der Waals surface area contributed by atoms with Crippen molar-refractivity contribution in [1.29, 1.82) is 0 Å². The first kappa shape index (κ1) is 23.2. The van der Waals surface area contributed by atoms with Crippen molar-refractivity contribution >= 4 is 29.3 Å². The van der Waals surface area contributed by atoms with Crippen LogP contribution in [-0.2, 0) is 11.3 Å². The van der Waals surface area contributed by atoms with Crippen molar-refractivity contribution in [1.82, 2.24) is 14.7 Å². The van der Waals surface area contributed by atoms with Crippen LogP contribution in [0.1, 0.15) is 11.1 Å². The molecule has 2 aromatic rings. The van der Waals surface area contributed by atoms with Gasteiger partial charge in [0.25, 0.3) is 17.8 Å². The van der Waals surface area contributed by atoms with E-state index in [-0.39, 0.29) is 17.8 Å². The van der Waals surface area contributed by atoms with Crippen LogP contribution in [0.5, 0.6) is 0 Å². The average molecular weight is 478 g/mol. The van der Waals surface area contributed by atoms with Crippen molar-refractivity contribution in [2.24, 2.45) is 4.99 Å². The predicted octanol–water partition coefficient (Wildman–Crippen LogP) is 2.17. The standard InChI is InChI=1S/C26H30FN6O2/c1-18-5-4-6-19(15-18)16-33-22(28-24-23(33)25(34)30(3)26(35)29(24)2)17-31-11-13-32(14-12-31)21-9-7-20(27)8-10-21/h4-10,15,23H,11-14,16-17H2,1-3H3/q+1. The third kappa shape index (κ3) is 4.43. The molecule has 0 radical (unpaired) electrons. The molecule has 2 fully saturated rings. The summed E-state index contributed by atoms with van der Waals surface area (Å²) >= 11 is 0. The Kier molecular flexibility index (Phi) is 6.10. The molecule has 0 saturated carbocycles. The second-order valence-corrected chi connectivity index (χ2v) is 9.38. The van der Waals surface area contributed by atoms with Crippen molar-refractivity contribution in [3.63, 3.8) is 0 Å². The van der Waals surface area contributed by atoms with Crippen molar-refractivity contribution in [2.45, 2.75) is 19.5 Å². The highest BCUT2D eigenvalue weighted by Gasteiger charge is 2.53. The molecule has 2 aromatic carbocycles. The Morgan fingerprint density at radius 1 is 1.00 bits per heavy atom. The number of aryl methyl sites for hydroxylation is 1. The molecule has 0 aliphatic carbocycles. The number of urea groups is 1. The highest BCUT2D eigenvalue weighted by atomic mass is 19.1. The topological polar surface area (TPSA) is 62.5 Å². The van der Waals surface area contributed by atoms with E-state index >= 15 is 0 Å². The van der Waals surface area contributed by atoms with Crippen molar-refractivity contribution in [3.05, 3.63) is 65.5 Å². The maximum atomic E-state index is 13.3. The number of benzene rings is 2. The van der Waals surface area contributed by atoms with Gasteiger partial charge in [0.2, 0.25) is 0 Å². The molecule has 0 aromatic heterocycles. The molecule has 3 amide bonds. The van der Waals surface area contributed by atoms with Gasteiger partial charge in [-0.3, -0.25) is 19.5 Å². The number of hydrogen-bond acceptors (Lipinski definition) is 5. The van der Waals surface area contributed by atoms with Crippen molar-refractivity contribution in [2.75, 3.05) is 51.7 Å². The summed E-state index contributed by atoms with van der Waals surface area (Å²) in [6.45, 7) is 6.43. The number of likely N-dealkylation sites (N-methyl/N-ethyl adjacent to an activating group) is 2. The molecule has 0 spiro atoms. The molecular formula is C26H30FN6O2+. The second kappa shape index (κ2) is 9.22. The van der Waals surface area contributed by atoms with Gasteiger partial charge in [-0.15, -0.1) is 0 Å². The largest absolute Gasteiger partial charge is 0.369 e. The average Bonchev–Trinajstić information content (AvgIpc) is 3.20. The van der Waals surface area contributed by atoms with Crippen LogP contribution in [0.4, 0.5) is 14.9 Å². The number of nitrogens with zero attached hydrogens (tertiary/aromatic N) is 6. The van der Waals surface area contributed by atoms with Crippen molar-refractivity contribution < 1.29 is 18.6 Å². The van der Waals surface area contributed by atoms with Gasteiger partial charge in [-0.2, -0.15) is 0 Å². The molecule has 35 heavy (non-hydrogen) atoms. The molecule has 182 valence electrons. The normalized spacial score (nSPS) is 21.1. The van der Waals surface area contributed by atoms with E-state index in [2.05, 4.69) is 21.9 Å². The minimum absolute atomic E-state index is 0.233. The molecule has 0 N–H and O–H groups in total. The Bertz CT molecular complexity index is 1220. The monoisotopic (exact) mass is 477 g/mol. The summed E-state index contributed by atoms with van der Waals surface area (Å²) < 4.78 is 15.3. The summed E-state index contributed by atoms with van der Waals surface area (Å²) in [6, 6.07) is 13.9. The van der Waals surface area contributed by atoms with Crippen LogP contribution in [-0.4, -0.2) is 95.7 Å². The Morgan fingerprint density at radius 2 is 1.71 bits per heavy atom. The first-order valence-corrected chi connectivity index (χ1v) is 11.9. The van der Waals surface area contributed by atoms with Gasteiger partial charge in [0.1, 0.15) is 18.9 Å². The van der Waals surface area contributed by atoms with E-state index in [1.54, 1.807) is 7.05 Å². The lowest BCUT2D eigenvalue weighted by Crippen LogP contribution is -2.61. The van der Waals surface area contributed by atoms with Gasteiger partial charge in [0, 0.05) is 46.0 Å². The molecule has 0 bridgehead atoms. The van der Waals surface area contributed by atoms with Gasteiger partial charge < -0.3 is 4.90 Å². The number of amides is 3. The molecule has 3 aliphatic heterocycles. The fourth-order valence-corrected chi connectivity index (χ4v) is 4.98. The van der Waals surface area contributed by atoms with Crippen LogP contribution in [0.25, 0.3) is 0 Å². The zero-order valence-corrected chi connectivity index (χ0v) is 20.3. The van der Waals surface area contributed by atoms with Crippen LogP contribution in [0.15, 0.2) is 53.5 Å². The molecule has 5 rings (SSSR count). The summed E-state index contributed by atoms with van der Waals surface area (Å²) in [5, 5.41) is 0. The zero-order valence-electron chi connectivity index (χ0n) is 20.3. The third-order valence-electron chi connectivity index (χ3n) is 6.98. The highest BCUT2D eigenvalue weighted by Crippen LogP contribution is 2.22. The molecule has 1 unspecified atom stereocenters. The zero-order chi connectivity index (χ0) is 24.7. The molecular weight excluding hydrogens is 447 g/mol. The summed E-state index contributed by atoms with van der Waals surface area (Å²) in [6.07, 6.45) is 0. The first-order valence-electron chi connectivity index (χ1n) is 11.9. The van der Waals surface area contributed by atoms with Crippen LogP contribution < -0.4 is 4.90 Å². The minimum atomic E-state index is -0.612. The van der Waals surface area contributed by atoms with Crippen LogP contribution in [0.2, 0.25) is 0 Å². The Morgan fingerprint density at radius 3 is 2.40 bits per heavy atom. The van der Waals surface area contributed by atoms with E-state index in [1.807, 2.05) is 35.8 Å². The van der Waals surface area contributed by atoms with E-state index in [0.29, 0.717) is 18.9 Å². The highest BCUT2D eigenvalue weighted by molar-refractivity contribution is 6.23. The SMILES string of the molecule is Cc1cccc(C[N+]2=C(CN3CCN(c4ccc(F)cc4)CC3)N=C3C2C(=O)N(C)C(=O)N3C)c1. The third-order valence-corrected chi connectivity index (χ3v) is 6.98. The van der Waals surface area contributed by atoms with Gasteiger partial charge in [0.05, 0.1) is 0 Å². The lowest BCUT2D eigenvalue weighted by molar-refractivity contribution is -0.552. The van der Waals surface area contributed by atoms with Crippen LogP contribution in [0.3, 0.4) is 0 Å². The fourth-order valence-electron chi connectivity index (χ4n) is 4.98. The second-order valence-electron chi connectivity index (χ2n) is 9.38. The maximum absolute atomic E-state index is 13.3. The maximum Gasteiger partial charge on any atom is 0.333 e. The Labute approximate surface area is 204 Å². The molecule has 1 atom stereocenters. The van der Waals surface area contributed by atoms with E-state index in [9.17, 15) is 14.0 Å². The molecule has 8 nitrogen and oxygen atoms in total. The molecule has 3 heterocycles. The summed E-state index contributed by atoms with van der Waals surface area (Å²) in [5.74, 6) is 0.800. The van der Waals surface area contributed by atoms with Gasteiger partial charge in [0.15, 0.2) is 0 Å². The minimum Gasteiger partial charge on any atom is -0.369 e.